The van der Waals surface area contributed by atoms with Gasteiger partial charge in [0.2, 0.25) is 6.10 Å². The summed E-state index contributed by atoms with van der Waals surface area (Å²) in [6.07, 6.45) is -23.8. The largest absolute Gasteiger partial charge is 0.435 e. The molecule has 2 aromatic rings. The number of carbonyl (C=O) groups is 1. The quantitative estimate of drug-likeness (QED) is 0.372. The first-order chi connectivity index (χ1) is 18.6. The van der Waals surface area contributed by atoms with Crippen LogP contribution in [0.15, 0.2) is 47.4 Å². The number of aryl methyl sites for hydroxylation is 1. The maximum atomic E-state index is 14.8. The van der Waals surface area contributed by atoms with E-state index in [1.165, 1.54) is 0 Å². The Labute approximate surface area is 224 Å². The molecule has 1 aliphatic heterocycles. The van der Waals surface area contributed by atoms with Gasteiger partial charge in [0.1, 0.15) is 10.6 Å². The van der Waals surface area contributed by atoms with Crippen molar-refractivity contribution in [2.24, 2.45) is 0 Å². The van der Waals surface area contributed by atoms with E-state index in [9.17, 15) is 66.6 Å². The Hall–Kier alpha value is -2.95. The fourth-order valence-electron chi connectivity index (χ4n) is 5.61. The molecule has 41 heavy (non-hydrogen) atoms. The average molecular weight is 625 g/mol. The Bertz CT molecular complexity index is 1440. The van der Waals surface area contributed by atoms with Crippen molar-refractivity contribution < 1.29 is 66.6 Å². The number of sulfone groups is 1. The maximum absolute atomic E-state index is 14.8. The van der Waals surface area contributed by atoms with Crippen LogP contribution in [0.1, 0.15) is 29.5 Å². The van der Waals surface area contributed by atoms with E-state index in [1.807, 2.05) is 0 Å². The Balaban J connectivity index is 1.95. The maximum Gasteiger partial charge on any atom is 0.435 e. The summed E-state index contributed by atoms with van der Waals surface area (Å²) in [4.78, 5) is 12.5. The van der Waals surface area contributed by atoms with Gasteiger partial charge in [0.15, 0.2) is 9.84 Å². The number of hydrogen-bond donors (Lipinski definition) is 1. The molecular weight excluding hydrogens is 607 g/mol. The van der Waals surface area contributed by atoms with Crippen LogP contribution < -0.4 is 0 Å². The van der Waals surface area contributed by atoms with Crippen LogP contribution in [0.3, 0.4) is 0 Å². The van der Waals surface area contributed by atoms with Crippen molar-refractivity contribution in [2.75, 3.05) is 6.54 Å². The van der Waals surface area contributed by atoms with Crippen LogP contribution in [-0.4, -0.2) is 61.6 Å². The van der Waals surface area contributed by atoms with Gasteiger partial charge in [-0.15, -0.1) is 0 Å². The number of hydrogen-bond acceptors (Lipinski definition) is 4. The standard InChI is InChI=1S/C24H18F11NO4S/c25-14-3-5-15(6-4-14)41(39,40)20-9-10-36(19(38)18(37)22(27,28)29)17(20)8-1-12-11-13(2-7-16(12)20)21(26,23(30,31)32)24(33,34)35/h2-7,11,17-18,37H,1,8-10H2/t17-,18+,20-/m0/s1. The first kappa shape index (κ1) is 31.0. The average Bonchev–Trinajstić information content (AvgIpc) is 3.27. The van der Waals surface area contributed by atoms with Gasteiger partial charge in [-0.05, 0) is 54.7 Å². The van der Waals surface area contributed by atoms with Gasteiger partial charge in [0, 0.05) is 12.1 Å². The number of amides is 1. The Morgan fingerprint density at radius 2 is 1.49 bits per heavy atom. The monoisotopic (exact) mass is 625 g/mol. The molecule has 3 atom stereocenters. The molecule has 1 aliphatic carbocycles. The van der Waals surface area contributed by atoms with Gasteiger partial charge in [0.25, 0.3) is 5.91 Å². The van der Waals surface area contributed by atoms with Crippen molar-refractivity contribution in [3.8, 4) is 0 Å². The fraction of sp³-hybridized carbons (Fsp3) is 0.458. The molecule has 1 saturated heterocycles. The minimum absolute atomic E-state index is 0.0825. The molecule has 0 radical (unpaired) electrons. The van der Waals surface area contributed by atoms with Crippen molar-refractivity contribution in [1.82, 2.24) is 4.90 Å². The van der Waals surface area contributed by atoms with Crippen molar-refractivity contribution in [2.45, 2.75) is 65.2 Å². The van der Waals surface area contributed by atoms with Gasteiger partial charge < -0.3 is 10.0 Å². The number of halogens is 11. The fourth-order valence-corrected chi connectivity index (χ4v) is 7.98. The van der Waals surface area contributed by atoms with Crippen molar-refractivity contribution in [3.63, 3.8) is 0 Å². The highest BCUT2D eigenvalue weighted by molar-refractivity contribution is 7.92. The molecule has 1 heterocycles. The summed E-state index contributed by atoms with van der Waals surface area (Å²) < 4.78 is 174. The van der Waals surface area contributed by atoms with Crippen LogP contribution in [0.25, 0.3) is 0 Å². The number of nitrogens with zero attached hydrogens (tertiary/aromatic N) is 1. The second-order valence-electron chi connectivity index (χ2n) is 9.65. The molecule has 0 bridgehead atoms. The third-order valence-corrected chi connectivity index (χ3v) is 10.0. The smallest absolute Gasteiger partial charge is 0.376 e. The number of rotatable bonds is 4. The molecule has 5 nitrogen and oxygen atoms in total. The summed E-state index contributed by atoms with van der Waals surface area (Å²) in [5.41, 5.74) is -8.69. The zero-order chi connectivity index (χ0) is 31.0. The van der Waals surface area contributed by atoms with E-state index in [0.29, 0.717) is 11.0 Å². The second-order valence-corrected chi connectivity index (χ2v) is 11.9. The van der Waals surface area contributed by atoms with E-state index in [0.717, 1.165) is 24.3 Å². The van der Waals surface area contributed by atoms with E-state index >= 15 is 0 Å². The molecule has 0 saturated carbocycles. The third kappa shape index (κ3) is 4.55. The highest BCUT2D eigenvalue weighted by Gasteiger charge is 2.74. The normalized spacial score (nSPS) is 22.7. The summed E-state index contributed by atoms with van der Waals surface area (Å²) in [5.74, 6) is -2.81. The van der Waals surface area contributed by atoms with Crippen LogP contribution in [0.5, 0.6) is 0 Å². The number of aliphatic hydroxyl groups is 1. The molecule has 2 aromatic carbocycles. The summed E-state index contributed by atoms with van der Waals surface area (Å²) in [6.45, 7) is -0.712. The van der Waals surface area contributed by atoms with Crippen LogP contribution in [0.4, 0.5) is 48.3 Å². The van der Waals surface area contributed by atoms with Crippen LogP contribution in [-0.2, 0) is 31.5 Å². The van der Waals surface area contributed by atoms with Crippen molar-refractivity contribution in [1.29, 1.82) is 0 Å². The molecule has 0 aromatic heterocycles. The Morgan fingerprint density at radius 3 is 2.00 bits per heavy atom. The molecule has 17 heteroatoms. The van der Waals surface area contributed by atoms with E-state index in [2.05, 4.69) is 0 Å². The van der Waals surface area contributed by atoms with Gasteiger partial charge in [-0.25, -0.2) is 17.2 Å². The van der Waals surface area contributed by atoms with Crippen LogP contribution >= 0.6 is 0 Å². The number of benzene rings is 2. The lowest BCUT2D eigenvalue weighted by molar-refractivity contribution is -0.348. The number of aliphatic hydroxyl groups excluding tert-OH is 1. The van der Waals surface area contributed by atoms with Crippen LogP contribution in [0, 0.1) is 5.82 Å². The Kier molecular flexibility index (Phi) is 7.21. The lowest BCUT2D eigenvalue weighted by Crippen LogP contribution is -2.55. The molecular formula is C24H18F11NO4S. The minimum atomic E-state index is -6.47. The topological polar surface area (TPSA) is 74.7 Å². The van der Waals surface area contributed by atoms with Gasteiger partial charge in [-0.1, -0.05) is 18.2 Å². The van der Waals surface area contributed by atoms with E-state index in [4.69, 9.17) is 0 Å². The molecule has 2 aliphatic rings. The minimum Gasteiger partial charge on any atom is -0.376 e. The first-order valence-electron chi connectivity index (χ1n) is 11.6. The zero-order valence-corrected chi connectivity index (χ0v) is 21.0. The third-order valence-electron chi connectivity index (χ3n) is 7.50. The van der Waals surface area contributed by atoms with E-state index in [1.54, 1.807) is 0 Å². The second kappa shape index (κ2) is 9.54. The molecule has 0 unspecified atom stereocenters. The summed E-state index contributed by atoms with van der Waals surface area (Å²) >= 11 is 0. The summed E-state index contributed by atoms with van der Waals surface area (Å²) in [6, 6.07) is 2.13. The predicted octanol–water partition coefficient (Wildman–Crippen LogP) is 5.25. The lowest BCUT2D eigenvalue weighted by Gasteiger charge is -2.43. The summed E-state index contributed by atoms with van der Waals surface area (Å²) in [5, 5.41) is 9.55. The zero-order valence-electron chi connectivity index (χ0n) is 20.2. The van der Waals surface area contributed by atoms with Crippen molar-refractivity contribution in [3.05, 3.63) is 65.0 Å². The first-order valence-corrected chi connectivity index (χ1v) is 13.1. The van der Waals surface area contributed by atoms with Crippen molar-refractivity contribution >= 4 is 15.7 Å². The number of carbonyl (C=O) groups excluding carboxylic acids is 1. The molecule has 1 fully saturated rings. The van der Waals surface area contributed by atoms with Gasteiger partial charge in [0.05, 0.1) is 10.9 Å². The molecule has 1 amide bonds. The van der Waals surface area contributed by atoms with Gasteiger partial charge >= 0.3 is 24.2 Å². The predicted molar refractivity (Wildman–Crippen MR) is 117 cm³/mol. The Morgan fingerprint density at radius 1 is 0.927 bits per heavy atom. The van der Waals surface area contributed by atoms with Crippen LogP contribution in [0.2, 0.25) is 0 Å². The summed E-state index contributed by atoms with van der Waals surface area (Å²) in [7, 11) is -4.88. The molecule has 0 spiro atoms. The van der Waals surface area contributed by atoms with Gasteiger partial charge in [-0.3, -0.25) is 4.79 Å². The van der Waals surface area contributed by atoms with E-state index in [-0.39, 0.29) is 12.1 Å². The number of alkyl halides is 10. The SMILES string of the molecule is O=C([C@@H](O)C(F)(F)F)N1CC[C@]2(S(=O)(=O)c3ccc(F)cc3)c3ccc(C(F)(C(F)(F)F)C(F)(F)F)cc3CC[C@H]12. The lowest BCUT2D eigenvalue weighted by atomic mass is 9.76. The number of likely N-dealkylation sites (tertiary alicyclic amines) is 1. The molecule has 226 valence electrons. The molecule has 4 rings (SSSR count). The molecule has 1 N–H and O–H groups in total. The highest BCUT2D eigenvalue weighted by Crippen LogP contribution is 2.56. The highest BCUT2D eigenvalue weighted by atomic mass is 32.2. The van der Waals surface area contributed by atoms with Gasteiger partial charge in [-0.2, -0.15) is 39.5 Å². The number of fused-ring (bicyclic) bond motifs is 3. The van der Waals surface area contributed by atoms with E-state index < -0.39 is 110 Å².